The van der Waals surface area contributed by atoms with Gasteiger partial charge in [-0.25, -0.2) is 22.2 Å². The van der Waals surface area contributed by atoms with E-state index in [2.05, 4.69) is 9.97 Å². The highest BCUT2D eigenvalue weighted by Gasteiger charge is 2.39. The van der Waals surface area contributed by atoms with Crippen LogP contribution in [0.25, 0.3) is 11.5 Å². The fraction of sp³-hybridized carbons (Fsp3) is 0.391. The van der Waals surface area contributed by atoms with Crippen LogP contribution in [0, 0.1) is 17.6 Å². The Labute approximate surface area is 203 Å². The van der Waals surface area contributed by atoms with Gasteiger partial charge in [-0.05, 0) is 37.0 Å². The number of halogens is 5. The molecule has 194 valence electrons. The van der Waals surface area contributed by atoms with Crippen molar-refractivity contribution in [1.82, 2.24) is 14.3 Å². The first kappa shape index (κ1) is 26.2. The highest BCUT2D eigenvalue weighted by atomic mass is 32.2. The molecular formula is C23H22F5N3O4S. The van der Waals surface area contributed by atoms with Crippen molar-refractivity contribution < 1.29 is 39.9 Å². The molecule has 3 aromatic rings. The Bertz CT molecular complexity index is 1300. The molecule has 1 aliphatic carbocycles. The molecule has 0 aliphatic heterocycles. The average molecular weight is 532 g/mol. The van der Waals surface area contributed by atoms with Crippen LogP contribution >= 0.6 is 0 Å². The second kappa shape index (κ2) is 10.2. The summed E-state index contributed by atoms with van der Waals surface area (Å²) in [5, 5.41) is 9.87. The Morgan fingerprint density at radius 2 is 1.81 bits per heavy atom. The van der Waals surface area contributed by atoms with Crippen LogP contribution in [-0.4, -0.2) is 40.4 Å². The van der Waals surface area contributed by atoms with Crippen LogP contribution < -0.4 is 0 Å². The molecule has 1 aromatic carbocycles. The number of benzene rings is 1. The minimum Gasteiger partial charge on any atom is -0.444 e. The highest BCUT2D eigenvalue weighted by molar-refractivity contribution is 7.89. The summed E-state index contributed by atoms with van der Waals surface area (Å²) in [6.45, 7) is -0.957. The number of aliphatic hydroxyl groups excluding tert-OH is 1. The summed E-state index contributed by atoms with van der Waals surface area (Å²) in [5.74, 6) is -3.25. The van der Waals surface area contributed by atoms with Gasteiger partial charge in [0.2, 0.25) is 15.9 Å². The Morgan fingerprint density at radius 1 is 1.06 bits per heavy atom. The SMILES string of the molecule is O=S(=O)(c1ccc(C(F)(F)F)nc1)N(Cc1ccc(-c2ncco2)c(F)c1F)[C@H]1CCCC[C@@H]1CO. The smallest absolute Gasteiger partial charge is 0.433 e. The van der Waals surface area contributed by atoms with E-state index >= 15 is 4.39 Å². The molecule has 0 radical (unpaired) electrons. The lowest BCUT2D eigenvalue weighted by Gasteiger charge is -2.38. The number of pyridine rings is 1. The molecule has 0 amide bonds. The normalized spacial score (nSPS) is 19.1. The van der Waals surface area contributed by atoms with Crippen LogP contribution in [0.3, 0.4) is 0 Å². The molecule has 2 aromatic heterocycles. The van der Waals surface area contributed by atoms with Gasteiger partial charge < -0.3 is 9.52 Å². The molecular weight excluding hydrogens is 509 g/mol. The third-order valence-electron chi connectivity index (χ3n) is 6.26. The van der Waals surface area contributed by atoms with E-state index in [1.54, 1.807) is 0 Å². The van der Waals surface area contributed by atoms with Crippen LogP contribution in [-0.2, 0) is 22.7 Å². The third-order valence-corrected chi connectivity index (χ3v) is 8.11. The molecule has 1 N–H and O–H groups in total. The summed E-state index contributed by atoms with van der Waals surface area (Å²) in [6, 6.07) is 2.93. The first-order chi connectivity index (χ1) is 17.0. The standard InChI is InChI=1S/C23H22F5N3O4S/c24-20-14(5-7-17(21(20)25)22-29-9-10-35-22)12-31(18-4-2-1-3-15(18)13-32)36(33,34)16-6-8-19(30-11-16)23(26,27)28/h5-11,15,18,32H,1-4,12-13H2/t15-,18+/m1/s1. The highest BCUT2D eigenvalue weighted by Crippen LogP contribution is 2.35. The van der Waals surface area contributed by atoms with E-state index in [4.69, 9.17) is 4.42 Å². The van der Waals surface area contributed by atoms with Crippen molar-refractivity contribution in [3.63, 3.8) is 0 Å². The predicted molar refractivity (Wildman–Crippen MR) is 117 cm³/mol. The van der Waals surface area contributed by atoms with Crippen LogP contribution in [0.2, 0.25) is 0 Å². The fourth-order valence-electron chi connectivity index (χ4n) is 4.40. The summed E-state index contributed by atoms with van der Waals surface area (Å²) in [4.78, 5) is 6.48. The maximum atomic E-state index is 15.1. The van der Waals surface area contributed by atoms with Crippen LogP contribution in [0.4, 0.5) is 22.0 Å². The number of alkyl halides is 3. The number of hydrogen-bond donors (Lipinski definition) is 1. The van der Waals surface area contributed by atoms with Crippen molar-refractivity contribution in [1.29, 1.82) is 0 Å². The van der Waals surface area contributed by atoms with E-state index < -0.39 is 56.9 Å². The number of rotatable bonds is 7. The van der Waals surface area contributed by atoms with Gasteiger partial charge in [0.1, 0.15) is 16.9 Å². The molecule has 2 heterocycles. The maximum Gasteiger partial charge on any atom is 0.433 e. The molecule has 2 atom stereocenters. The van der Waals surface area contributed by atoms with Crippen LogP contribution in [0.5, 0.6) is 0 Å². The number of aliphatic hydroxyl groups is 1. The largest absolute Gasteiger partial charge is 0.444 e. The van der Waals surface area contributed by atoms with Crippen molar-refractivity contribution in [3.8, 4) is 11.5 Å². The zero-order valence-electron chi connectivity index (χ0n) is 18.8. The Hall–Kier alpha value is -2.90. The van der Waals surface area contributed by atoms with Crippen LogP contribution in [0.1, 0.15) is 36.9 Å². The Kier molecular flexibility index (Phi) is 7.43. The van der Waals surface area contributed by atoms with E-state index in [1.807, 2.05) is 0 Å². The van der Waals surface area contributed by atoms with Gasteiger partial charge in [-0.3, -0.25) is 4.98 Å². The van der Waals surface area contributed by atoms with Gasteiger partial charge >= 0.3 is 6.18 Å². The maximum absolute atomic E-state index is 15.1. The Morgan fingerprint density at radius 3 is 2.42 bits per heavy atom. The van der Waals surface area contributed by atoms with Crippen molar-refractivity contribution in [2.75, 3.05) is 6.61 Å². The molecule has 1 saturated carbocycles. The van der Waals surface area contributed by atoms with Gasteiger partial charge in [-0.15, -0.1) is 0 Å². The average Bonchev–Trinajstić information content (AvgIpc) is 3.39. The second-order valence-electron chi connectivity index (χ2n) is 8.46. The summed E-state index contributed by atoms with van der Waals surface area (Å²) in [5.41, 5.74) is -1.82. The quantitative estimate of drug-likeness (QED) is 0.441. The number of nitrogens with zero attached hydrogens (tertiary/aromatic N) is 3. The van der Waals surface area contributed by atoms with Crippen molar-refractivity contribution in [3.05, 3.63) is 65.8 Å². The molecule has 7 nitrogen and oxygen atoms in total. The number of sulfonamides is 1. The molecule has 1 fully saturated rings. The molecule has 4 rings (SSSR count). The molecule has 0 saturated heterocycles. The topological polar surface area (TPSA) is 96.5 Å². The zero-order chi connectivity index (χ0) is 26.1. The van der Waals surface area contributed by atoms with Crippen molar-refractivity contribution >= 4 is 10.0 Å². The van der Waals surface area contributed by atoms with Crippen molar-refractivity contribution in [2.45, 2.75) is 49.3 Å². The summed E-state index contributed by atoms with van der Waals surface area (Å²) in [7, 11) is -4.51. The number of aromatic nitrogens is 2. The predicted octanol–water partition coefficient (Wildman–Crippen LogP) is 4.78. The first-order valence-corrected chi connectivity index (χ1v) is 12.5. The van der Waals surface area contributed by atoms with Gasteiger partial charge in [0, 0.05) is 31.0 Å². The lowest BCUT2D eigenvalue weighted by molar-refractivity contribution is -0.141. The summed E-state index contributed by atoms with van der Waals surface area (Å²) in [6.07, 6.45) is 0.457. The van der Waals surface area contributed by atoms with Gasteiger partial charge in [0.05, 0.1) is 11.8 Å². The summed E-state index contributed by atoms with van der Waals surface area (Å²) >= 11 is 0. The minimum absolute atomic E-state index is 0.161. The van der Waals surface area contributed by atoms with E-state index in [9.17, 15) is 31.1 Å². The van der Waals surface area contributed by atoms with E-state index in [0.717, 1.165) is 16.8 Å². The van der Waals surface area contributed by atoms with Crippen LogP contribution in [0.15, 0.2) is 52.2 Å². The molecule has 13 heteroatoms. The van der Waals surface area contributed by atoms with Gasteiger partial charge in [-0.1, -0.05) is 18.9 Å². The second-order valence-corrected chi connectivity index (χ2v) is 10.3. The number of hydrogen-bond acceptors (Lipinski definition) is 6. The molecule has 0 bridgehead atoms. The summed E-state index contributed by atoms with van der Waals surface area (Å²) < 4.78 is 102. The fourth-order valence-corrected chi connectivity index (χ4v) is 6.04. The molecule has 0 spiro atoms. The van der Waals surface area contributed by atoms with E-state index in [-0.39, 0.29) is 23.6 Å². The zero-order valence-corrected chi connectivity index (χ0v) is 19.6. The van der Waals surface area contributed by atoms with Gasteiger partial charge in [0.25, 0.3) is 0 Å². The minimum atomic E-state index is -4.77. The lowest BCUT2D eigenvalue weighted by Crippen LogP contribution is -2.46. The molecule has 36 heavy (non-hydrogen) atoms. The van der Waals surface area contributed by atoms with Crippen molar-refractivity contribution in [2.24, 2.45) is 5.92 Å². The molecule has 1 aliphatic rings. The van der Waals surface area contributed by atoms with Gasteiger partial charge in [0.15, 0.2) is 11.6 Å². The molecule has 0 unspecified atom stereocenters. The monoisotopic (exact) mass is 531 g/mol. The van der Waals surface area contributed by atoms with Gasteiger partial charge in [-0.2, -0.15) is 17.5 Å². The van der Waals surface area contributed by atoms with E-state index in [0.29, 0.717) is 31.5 Å². The first-order valence-electron chi connectivity index (χ1n) is 11.1. The van der Waals surface area contributed by atoms with E-state index in [1.165, 1.54) is 24.6 Å². The number of oxazole rings is 1. The third kappa shape index (κ3) is 5.13. The lowest BCUT2D eigenvalue weighted by atomic mass is 9.85. The Balaban J connectivity index is 1.75.